The molecule has 4 rings (SSSR count). The Labute approximate surface area is 126 Å². The fourth-order valence-corrected chi connectivity index (χ4v) is 3.81. The van der Waals surface area contributed by atoms with Crippen LogP contribution < -0.4 is 0 Å². The molecule has 0 spiro atoms. The van der Waals surface area contributed by atoms with E-state index >= 15 is 0 Å². The van der Waals surface area contributed by atoms with Crippen molar-refractivity contribution in [1.29, 1.82) is 0 Å². The molecule has 102 valence electrons. The second-order valence-electron chi connectivity index (χ2n) is 5.10. The Morgan fingerprint density at radius 1 is 1.05 bits per heavy atom. The van der Waals surface area contributed by atoms with Gasteiger partial charge in [0.05, 0.1) is 5.52 Å². The van der Waals surface area contributed by atoms with Crippen LogP contribution in [-0.2, 0) is 6.54 Å². The summed E-state index contributed by atoms with van der Waals surface area (Å²) in [7, 11) is 0. The molecule has 2 nitrogen and oxygen atoms in total. The number of para-hydroxylation sites is 1. The van der Waals surface area contributed by atoms with Crippen LogP contribution >= 0.6 is 11.3 Å². The molecule has 2 aromatic carbocycles. The van der Waals surface area contributed by atoms with Gasteiger partial charge in [-0.05, 0) is 34.5 Å². The first kappa shape index (κ1) is 12.4. The number of rotatable bonds is 3. The van der Waals surface area contributed by atoms with E-state index in [1.165, 1.54) is 15.6 Å². The minimum absolute atomic E-state index is 0.747. The molecule has 0 atom stereocenters. The van der Waals surface area contributed by atoms with E-state index in [0.29, 0.717) is 0 Å². The topological polar surface area (TPSA) is 22.0 Å². The summed E-state index contributed by atoms with van der Waals surface area (Å²) in [6.07, 6.45) is 2.99. The first-order valence-electron chi connectivity index (χ1n) is 6.85. The lowest BCUT2D eigenvalue weighted by Crippen LogP contribution is -1.99. The maximum absolute atomic E-state index is 11.3. The van der Waals surface area contributed by atoms with Crippen molar-refractivity contribution in [2.45, 2.75) is 6.54 Å². The number of aldehydes is 1. The summed E-state index contributed by atoms with van der Waals surface area (Å²) in [4.78, 5) is 11.3. The van der Waals surface area contributed by atoms with Gasteiger partial charge < -0.3 is 4.57 Å². The van der Waals surface area contributed by atoms with E-state index in [-0.39, 0.29) is 0 Å². The zero-order valence-electron chi connectivity index (χ0n) is 11.3. The summed E-state index contributed by atoms with van der Waals surface area (Å²) in [6.45, 7) is 0.790. The average molecular weight is 291 g/mol. The lowest BCUT2D eigenvalue weighted by molar-refractivity contribution is 0.112. The molecule has 0 saturated heterocycles. The van der Waals surface area contributed by atoms with Crippen molar-refractivity contribution in [3.05, 3.63) is 71.2 Å². The third-order valence-electron chi connectivity index (χ3n) is 3.85. The molecule has 0 bridgehead atoms. The summed E-state index contributed by atoms with van der Waals surface area (Å²) in [5, 5.41) is 4.62. The minimum Gasteiger partial charge on any atom is -0.342 e. The Kier molecular flexibility index (Phi) is 2.86. The van der Waals surface area contributed by atoms with Crippen molar-refractivity contribution in [2.75, 3.05) is 0 Å². The van der Waals surface area contributed by atoms with E-state index in [1.54, 1.807) is 11.3 Å². The predicted molar refractivity (Wildman–Crippen MR) is 88.3 cm³/mol. The standard InChI is InChI=1S/C18H13NOS/c20-11-14-5-3-4-13-8-9-19(18(13)14)10-15-12-21-17-7-2-1-6-16(15)17/h1-9,11-12H,10H2. The molecule has 3 heteroatoms. The third kappa shape index (κ3) is 1.98. The summed E-state index contributed by atoms with van der Waals surface area (Å²) in [5.41, 5.74) is 3.06. The second-order valence-corrected chi connectivity index (χ2v) is 6.01. The molecule has 2 aromatic heterocycles. The molecule has 0 N–H and O–H groups in total. The van der Waals surface area contributed by atoms with E-state index in [0.717, 1.165) is 29.3 Å². The van der Waals surface area contributed by atoms with Gasteiger partial charge in [-0.2, -0.15) is 0 Å². The Morgan fingerprint density at radius 2 is 1.95 bits per heavy atom. The molecule has 2 heterocycles. The third-order valence-corrected chi connectivity index (χ3v) is 4.86. The van der Waals surface area contributed by atoms with Gasteiger partial charge in [0, 0.05) is 28.4 Å². The van der Waals surface area contributed by atoms with Crippen LogP contribution in [-0.4, -0.2) is 10.9 Å². The van der Waals surface area contributed by atoms with Gasteiger partial charge in [0.15, 0.2) is 6.29 Å². The molecule has 0 amide bonds. The highest BCUT2D eigenvalue weighted by Crippen LogP contribution is 2.28. The molecular formula is C18H13NOS. The maximum Gasteiger partial charge on any atom is 0.152 e. The van der Waals surface area contributed by atoms with E-state index in [9.17, 15) is 4.79 Å². The van der Waals surface area contributed by atoms with E-state index < -0.39 is 0 Å². The van der Waals surface area contributed by atoms with Crippen LogP contribution in [0.4, 0.5) is 0 Å². The normalized spacial score (nSPS) is 11.2. The Balaban J connectivity index is 1.86. The average Bonchev–Trinajstić information content (AvgIpc) is 3.13. The molecule has 0 saturated carbocycles. The number of carbonyl (C=O) groups is 1. The molecule has 0 aliphatic heterocycles. The number of fused-ring (bicyclic) bond motifs is 2. The molecule has 0 radical (unpaired) electrons. The molecular weight excluding hydrogens is 278 g/mol. The van der Waals surface area contributed by atoms with Gasteiger partial charge in [-0.15, -0.1) is 11.3 Å². The summed E-state index contributed by atoms with van der Waals surface area (Å²) in [5.74, 6) is 0. The highest BCUT2D eigenvalue weighted by Gasteiger charge is 2.09. The van der Waals surface area contributed by atoms with Gasteiger partial charge in [-0.3, -0.25) is 4.79 Å². The molecule has 0 unspecified atom stereocenters. The van der Waals surface area contributed by atoms with Crippen molar-refractivity contribution in [1.82, 2.24) is 4.57 Å². The highest BCUT2D eigenvalue weighted by molar-refractivity contribution is 7.17. The Hall–Kier alpha value is -2.39. The number of benzene rings is 2. The van der Waals surface area contributed by atoms with Crippen LogP contribution in [0.1, 0.15) is 15.9 Å². The lowest BCUT2D eigenvalue weighted by atomic mass is 10.1. The predicted octanol–water partition coefficient (Wildman–Crippen LogP) is 4.72. The van der Waals surface area contributed by atoms with Gasteiger partial charge in [0.25, 0.3) is 0 Å². The largest absolute Gasteiger partial charge is 0.342 e. The van der Waals surface area contributed by atoms with Gasteiger partial charge in [-0.25, -0.2) is 0 Å². The SMILES string of the molecule is O=Cc1cccc2ccn(Cc3csc4ccccc34)c12. The smallest absolute Gasteiger partial charge is 0.152 e. The maximum atomic E-state index is 11.3. The van der Waals surface area contributed by atoms with Gasteiger partial charge in [0.2, 0.25) is 0 Å². The van der Waals surface area contributed by atoms with Crippen molar-refractivity contribution in [3.63, 3.8) is 0 Å². The number of thiophene rings is 1. The van der Waals surface area contributed by atoms with Crippen LogP contribution in [0.2, 0.25) is 0 Å². The van der Waals surface area contributed by atoms with Crippen LogP contribution in [0.15, 0.2) is 60.1 Å². The zero-order valence-corrected chi connectivity index (χ0v) is 12.1. The van der Waals surface area contributed by atoms with Gasteiger partial charge in [0.1, 0.15) is 0 Å². The number of hydrogen-bond acceptors (Lipinski definition) is 2. The number of carbonyl (C=O) groups excluding carboxylic acids is 1. The van der Waals surface area contributed by atoms with E-state index in [1.807, 2.05) is 18.2 Å². The minimum atomic E-state index is 0.747. The van der Waals surface area contributed by atoms with Crippen LogP contribution in [0, 0.1) is 0 Å². The molecule has 21 heavy (non-hydrogen) atoms. The monoisotopic (exact) mass is 291 g/mol. The second kappa shape index (κ2) is 4.86. The fraction of sp³-hybridized carbons (Fsp3) is 0.0556. The van der Waals surface area contributed by atoms with Crippen molar-refractivity contribution >= 4 is 38.6 Å². The number of nitrogens with zero attached hydrogens (tertiary/aromatic N) is 1. The fourth-order valence-electron chi connectivity index (χ4n) is 2.86. The first-order valence-corrected chi connectivity index (χ1v) is 7.73. The van der Waals surface area contributed by atoms with Crippen LogP contribution in [0.25, 0.3) is 21.0 Å². The highest BCUT2D eigenvalue weighted by atomic mass is 32.1. The Morgan fingerprint density at radius 3 is 2.86 bits per heavy atom. The summed E-state index contributed by atoms with van der Waals surface area (Å²) < 4.78 is 3.47. The lowest BCUT2D eigenvalue weighted by Gasteiger charge is -2.06. The summed E-state index contributed by atoms with van der Waals surface area (Å²) >= 11 is 1.77. The molecule has 0 aliphatic rings. The van der Waals surface area contributed by atoms with Crippen LogP contribution in [0.5, 0.6) is 0 Å². The molecule has 0 aliphatic carbocycles. The van der Waals surface area contributed by atoms with Crippen molar-refractivity contribution in [3.8, 4) is 0 Å². The van der Waals surface area contributed by atoms with E-state index in [2.05, 4.69) is 46.5 Å². The Bertz CT molecular complexity index is 948. The van der Waals surface area contributed by atoms with Crippen molar-refractivity contribution in [2.24, 2.45) is 0 Å². The first-order chi connectivity index (χ1) is 10.4. The van der Waals surface area contributed by atoms with Gasteiger partial charge in [-0.1, -0.05) is 30.3 Å². The molecule has 4 aromatic rings. The van der Waals surface area contributed by atoms with Crippen molar-refractivity contribution < 1.29 is 4.79 Å². The summed E-state index contributed by atoms with van der Waals surface area (Å²) in [6, 6.07) is 16.4. The zero-order chi connectivity index (χ0) is 14.2. The quantitative estimate of drug-likeness (QED) is 0.501. The number of aromatic nitrogens is 1. The van der Waals surface area contributed by atoms with Gasteiger partial charge >= 0.3 is 0 Å². The number of hydrogen-bond donors (Lipinski definition) is 0. The van der Waals surface area contributed by atoms with E-state index in [4.69, 9.17) is 0 Å². The molecule has 0 fully saturated rings. The van der Waals surface area contributed by atoms with Crippen LogP contribution in [0.3, 0.4) is 0 Å².